The quantitative estimate of drug-likeness (QED) is 0.716. The second kappa shape index (κ2) is 3.70. The highest BCUT2D eigenvalue weighted by molar-refractivity contribution is 6.31. The Bertz CT molecular complexity index is 554. The molecule has 0 bridgehead atoms. The highest BCUT2D eigenvalue weighted by Crippen LogP contribution is 2.39. The Morgan fingerprint density at radius 2 is 2.18 bits per heavy atom. The summed E-state index contributed by atoms with van der Waals surface area (Å²) in [5, 5.41) is 3.34. The van der Waals surface area contributed by atoms with Gasteiger partial charge in [-0.1, -0.05) is 11.6 Å². The number of rotatable bonds is 0. The van der Waals surface area contributed by atoms with E-state index in [-0.39, 0.29) is 10.9 Å². The van der Waals surface area contributed by atoms with E-state index >= 15 is 0 Å². The van der Waals surface area contributed by atoms with Crippen molar-refractivity contribution in [1.82, 2.24) is 9.97 Å². The van der Waals surface area contributed by atoms with Crippen LogP contribution in [0, 0.1) is 6.92 Å². The van der Waals surface area contributed by atoms with Crippen molar-refractivity contribution in [2.24, 2.45) is 0 Å². The number of allylic oxidation sites excluding steroid dienone is 2. The average molecular weight is 252 g/mol. The number of aryl methyl sites for hydroxylation is 1. The van der Waals surface area contributed by atoms with Crippen molar-refractivity contribution in [3.05, 3.63) is 22.4 Å². The number of ketones is 1. The van der Waals surface area contributed by atoms with E-state index in [4.69, 9.17) is 16.3 Å². The summed E-state index contributed by atoms with van der Waals surface area (Å²) >= 11 is 5.98. The Labute approximate surface area is 103 Å². The molecular formula is C11H10ClN3O2. The zero-order chi connectivity index (χ0) is 12.0. The van der Waals surface area contributed by atoms with Crippen LogP contribution in [0.5, 0.6) is 5.75 Å². The maximum Gasteiger partial charge on any atom is 0.207 e. The molecule has 6 heteroatoms. The third-order valence-electron chi connectivity index (χ3n) is 2.77. The van der Waals surface area contributed by atoms with Crippen molar-refractivity contribution >= 4 is 23.2 Å². The second-order valence-electron chi connectivity index (χ2n) is 4.05. The number of fused-ring (bicyclic) bond motifs is 1. The van der Waals surface area contributed by atoms with Gasteiger partial charge in [-0.15, -0.1) is 0 Å². The molecule has 1 N–H and O–H groups in total. The Balaban J connectivity index is 2.08. The summed E-state index contributed by atoms with van der Waals surface area (Å²) in [6.45, 7) is 1.75. The van der Waals surface area contributed by atoms with Crippen molar-refractivity contribution in [2.45, 2.75) is 26.2 Å². The molecule has 1 aromatic heterocycles. The van der Waals surface area contributed by atoms with E-state index in [1.54, 1.807) is 6.92 Å². The summed E-state index contributed by atoms with van der Waals surface area (Å²) in [4.78, 5) is 19.9. The fraction of sp³-hybridized carbons (Fsp3) is 0.364. The first-order valence-electron chi connectivity index (χ1n) is 5.40. The minimum absolute atomic E-state index is 0.000965. The number of aromatic nitrogens is 2. The van der Waals surface area contributed by atoms with Crippen LogP contribution in [0.1, 0.15) is 25.1 Å². The molecule has 1 aliphatic heterocycles. The summed E-state index contributed by atoms with van der Waals surface area (Å²) in [7, 11) is 0. The molecule has 2 heterocycles. The van der Waals surface area contributed by atoms with Gasteiger partial charge in [-0.05, 0) is 19.8 Å². The zero-order valence-electron chi connectivity index (χ0n) is 9.21. The third-order valence-corrected chi connectivity index (χ3v) is 3.02. The van der Waals surface area contributed by atoms with Gasteiger partial charge in [0.1, 0.15) is 5.82 Å². The van der Waals surface area contributed by atoms with Gasteiger partial charge >= 0.3 is 0 Å². The van der Waals surface area contributed by atoms with Gasteiger partial charge in [0.2, 0.25) is 5.75 Å². The van der Waals surface area contributed by atoms with Crippen LogP contribution in [0.25, 0.3) is 0 Å². The maximum absolute atomic E-state index is 11.7. The predicted molar refractivity (Wildman–Crippen MR) is 61.9 cm³/mol. The summed E-state index contributed by atoms with van der Waals surface area (Å²) in [5.41, 5.74) is 0.794. The molecule has 0 atom stereocenters. The number of nitrogens with one attached hydrogen (secondary N) is 1. The molecule has 0 aromatic carbocycles. The fourth-order valence-electron chi connectivity index (χ4n) is 2.01. The number of carbonyl (C=O) groups excluding carboxylic acids is 1. The van der Waals surface area contributed by atoms with Gasteiger partial charge in [-0.2, -0.15) is 0 Å². The Hall–Kier alpha value is -1.62. The van der Waals surface area contributed by atoms with E-state index in [9.17, 15) is 4.79 Å². The minimum atomic E-state index is 0.000965. The molecule has 0 fully saturated rings. The first-order valence-corrected chi connectivity index (χ1v) is 5.78. The van der Waals surface area contributed by atoms with E-state index in [2.05, 4.69) is 15.3 Å². The van der Waals surface area contributed by atoms with Crippen LogP contribution in [0.2, 0.25) is 5.15 Å². The summed E-state index contributed by atoms with van der Waals surface area (Å²) in [6.07, 6.45) is 2.14. The van der Waals surface area contributed by atoms with Crippen molar-refractivity contribution in [2.75, 3.05) is 5.32 Å². The lowest BCUT2D eigenvalue weighted by Crippen LogP contribution is -2.25. The van der Waals surface area contributed by atoms with E-state index in [1.165, 1.54) is 0 Å². The largest absolute Gasteiger partial charge is 0.445 e. The Morgan fingerprint density at radius 1 is 1.35 bits per heavy atom. The molecule has 17 heavy (non-hydrogen) atoms. The number of halogens is 1. The predicted octanol–water partition coefficient (Wildman–Crippen LogP) is 2.21. The third kappa shape index (κ3) is 1.67. The van der Waals surface area contributed by atoms with Crippen LogP contribution in [0.3, 0.4) is 0 Å². The highest BCUT2D eigenvalue weighted by Gasteiger charge is 2.30. The molecule has 0 radical (unpaired) electrons. The first-order chi connectivity index (χ1) is 8.15. The van der Waals surface area contributed by atoms with Gasteiger partial charge in [0, 0.05) is 6.42 Å². The summed E-state index contributed by atoms with van der Waals surface area (Å²) in [5.74, 6) is 1.80. The molecule has 0 saturated carbocycles. The number of nitrogens with zero attached hydrogens (tertiary/aromatic N) is 2. The van der Waals surface area contributed by atoms with E-state index < -0.39 is 0 Å². The average Bonchev–Trinajstić information content (AvgIpc) is 2.27. The zero-order valence-corrected chi connectivity index (χ0v) is 9.97. The van der Waals surface area contributed by atoms with Crippen LogP contribution in [-0.2, 0) is 4.79 Å². The number of carbonyl (C=O) groups is 1. The van der Waals surface area contributed by atoms with Crippen LogP contribution < -0.4 is 10.1 Å². The fourth-order valence-corrected chi connectivity index (χ4v) is 2.26. The standard InChI is InChI=1S/C11H10ClN3O2/c1-5-13-10(12)9-11(14-5)15-6-3-2-4-7(16)8(6)17-9/h2-4H2,1H3,(H,13,14,15). The normalized spacial score (nSPS) is 18.1. The Morgan fingerprint density at radius 3 is 3.00 bits per heavy atom. The van der Waals surface area contributed by atoms with Crippen molar-refractivity contribution < 1.29 is 9.53 Å². The van der Waals surface area contributed by atoms with Crippen LogP contribution in [0.15, 0.2) is 11.5 Å². The maximum atomic E-state index is 11.7. The highest BCUT2D eigenvalue weighted by atomic mass is 35.5. The van der Waals surface area contributed by atoms with Gasteiger partial charge < -0.3 is 10.1 Å². The lowest BCUT2D eigenvalue weighted by molar-refractivity contribution is -0.118. The molecule has 88 valence electrons. The number of ether oxygens (including phenoxy) is 1. The Kier molecular flexibility index (Phi) is 2.29. The molecule has 0 amide bonds. The molecule has 3 rings (SSSR count). The van der Waals surface area contributed by atoms with Crippen LogP contribution >= 0.6 is 11.6 Å². The molecule has 1 aliphatic carbocycles. The van der Waals surface area contributed by atoms with Crippen LogP contribution in [0.4, 0.5) is 5.82 Å². The van der Waals surface area contributed by atoms with E-state index in [0.29, 0.717) is 29.6 Å². The minimum Gasteiger partial charge on any atom is -0.445 e. The summed E-state index contributed by atoms with van der Waals surface area (Å²) in [6, 6.07) is 0. The molecule has 2 aliphatic rings. The monoisotopic (exact) mass is 251 g/mol. The topological polar surface area (TPSA) is 64.1 Å². The van der Waals surface area contributed by atoms with Crippen molar-refractivity contribution in [3.63, 3.8) is 0 Å². The van der Waals surface area contributed by atoms with E-state index in [1.807, 2.05) is 0 Å². The molecule has 5 nitrogen and oxygen atoms in total. The number of Topliss-reactive ketones (excluding diaryl/α,β-unsaturated/α-hetero) is 1. The lowest BCUT2D eigenvalue weighted by atomic mass is 10.0. The summed E-state index contributed by atoms with van der Waals surface area (Å²) < 4.78 is 5.54. The number of anilines is 1. The van der Waals surface area contributed by atoms with Crippen molar-refractivity contribution in [1.29, 1.82) is 0 Å². The molecule has 0 unspecified atom stereocenters. The van der Waals surface area contributed by atoms with Gasteiger partial charge in [0.15, 0.2) is 22.5 Å². The van der Waals surface area contributed by atoms with Gasteiger partial charge in [-0.25, -0.2) is 9.97 Å². The van der Waals surface area contributed by atoms with Gasteiger partial charge in [0.25, 0.3) is 0 Å². The van der Waals surface area contributed by atoms with Gasteiger partial charge in [-0.3, -0.25) is 4.79 Å². The SMILES string of the molecule is Cc1nc(Cl)c2c(n1)NC1=C(O2)C(=O)CCC1. The smallest absolute Gasteiger partial charge is 0.207 e. The van der Waals surface area contributed by atoms with E-state index in [0.717, 1.165) is 18.5 Å². The number of hydrogen-bond acceptors (Lipinski definition) is 5. The van der Waals surface area contributed by atoms with Crippen molar-refractivity contribution in [3.8, 4) is 5.75 Å². The molecule has 0 spiro atoms. The first kappa shape index (κ1) is 10.5. The van der Waals surface area contributed by atoms with Crippen LogP contribution in [-0.4, -0.2) is 15.8 Å². The second-order valence-corrected chi connectivity index (χ2v) is 4.41. The number of hydrogen-bond donors (Lipinski definition) is 1. The van der Waals surface area contributed by atoms with Gasteiger partial charge in [0.05, 0.1) is 5.70 Å². The molecule has 0 saturated heterocycles. The molecule has 1 aromatic rings. The molecular weight excluding hydrogens is 242 g/mol. The lowest BCUT2D eigenvalue weighted by Gasteiger charge is -2.26.